The van der Waals surface area contributed by atoms with Crippen molar-refractivity contribution >= 4 is 5.69 Å². The number of aryl methyl sites for hydroxylation is 2. The van der Waals surface area contributed by atoms with Gasteiger partial charge >= 0.3 is 0 Å². The predicted molar refractivity (Wildman–Crippen MR) is 91.2 cm³/mol. The Morgan fingerprint density at radius 3 is 2.38 bits per heavy atom. The molecule has 1 N–H and O–H groups in total. The van der Waals surface area contributed by atoms with E-state index in [1.165, 1.54) is 55.5 Å². The molecule has 1 heterocycles. The van der Waals surface area contributed by atoms with Crippen LogP contribution in [0.1, 0.15) is 57.1 Å². The molecule has 0 amide bonds. The number of rotatable bonds is 1. The molecule has 21 heavy (non-hydrogen) atoms. The minimum absolute atomic E-state index is 0.187. The summed E-state index contributed by atoms with van der Waals surface area (Å²) < 4.78 is 0. The van der Waals surface area contributed by atoms with Crippen LogP contribution in [-0.4, -0.2) is 24.2 Å². The summed E-state index contributed by atoms with van der Waals surface area (Å²) in [6, 6.07) is 6.89. The first-order valence-electron chi connectivity index (χ1n) is 8.51. The Balaban J connectivity index is 1.90. The van der Waals surface area contributed by atoms with Crippen molar-refractivity contribution < 1.29 is 0 Å². The zero-order valence-corrected chi connectivity index (χ0v) is 14.1. The lowest BCUT2D eigenvalue weighted by Crippen LogP contribution is -2.69. The quantitative estimate of drug-likeness (QED) is 0.832. The van der Waals surface area contributed by atoms with Crippen LogP contribution in [-0.2, 0) is 0 Å². The van der Waals surface area contributed by atoms with Crippen LogP contribution in [0.4, 0.5) is 5.69 Å². The summed E-state index contributed by atoms with van der Waals surface area (Å²) in [6.07, 6.45) is 6.83. The number of benzene rings is 1. The molecule has 1 saturated heterocycles. The fourth-order valence-corrected chi connectivity index (χ4v) is 4.54. The van der Waals surface area contributed by atoms with Gasteiger partial charge in [-0.15, -0.1) is 0 Å². The fraction of sp³-hybridized carbons (Fsp3) is 0.684. The van der Waals surface area contributed by atoms with E-state index in [-0.39, 0.29) is 5.54 Å². The van der Waals surface area contributed by atoms with E-state index in [2.05, 4.69) is 56.1 Å². The van der Waals surface area contributed by atoms with Crippen LogP contribution in [0.25, 0.3) is 0 Å². The molecule has 0 bridgehead atoms. The predicted octanol–water partition coefficient (Wildman–Crippen LogP) is 4.19. The lowest BCUT2D eigenvalue weighted by molar-refractivity contribution is 0.146. The number of nitrogens with one attached hydrogen (secondary N) is 1. The molecule has 1 aliphatic carbocycles. The molecule has 2 fully saturated rings. The summed E-state index contributed by atoms with van der Waals surface area (Å²) in [7, 11) is 0. The molecule has 2 aliphatic rings. The van der Waals surface area contributed by atoms with E-state index in [0.717, 1.165) is 6.54 Å². The minimum Gasteiger partial charge on any atom is -0.368 e. The molecule has 1 aromatic carbocycles. The van der Waals surface area contributed by atoms with Gasteiger partial charge < -0.3 is 10.2 Å². The molecule has 116 valence electrons. The number of hydrogen-bond acceptors (Lipinski definition) is 2. The molecular formula is C19H30N2. The summed E-state index contributed by atoms with van der Waals surface area (Å²) in [6.45, 7) is 11.4. The monoisotopic (exact) mass is 286 g/mol. The Bertz CT molecular complexity index is 512. The average molecular weight is 286 g/mol. The Morgan fingerprint density at radius 1 is 1.00 bits per heavy atom. The normalized spacial score (nSPS) is 24.3. The van der Waals surface area contributed by atoms with Crippen molar-refractivity contribution in [2.75, 3.05) is 18.0 Å². The van der Waals surface area contributed by atoms with Crippen LogP contribution >= 0.6 is 0 Å². The Labute approximate surface area is 129 Å². The number of nitrogens with zero attached hydrogens (tertiary/aromatic N) is 1. The zero-order chi connectivity index (χ0) is 15.1. The largest absolute Gasteiger partial charge is 0.368 e. The van der Waals surface area contributed by atoms with E-state index in [1.54, 1.807) is 0 Å². The first kappa shape index (κ1) is 14.9. The van der Waals surface area contributed by atoms with Gasteiger partial charge in [0.15, 0.2) is 0 Å². The van der Waals surface area contributed by atoms with E-state index in [9.17, 15) is 0 Å². The van der Waals surface area contributed by atoms with Crippen molar-refractivity contribution in [3.05, 3.63) is 29.3 Å². The summed E-state index contributed by atoms with van der Waals surface area (Å²) in [5, 5.41) is 4.00. The third kappa shape index (κ3) is 3.11. The van der Waals surface area contributed by atoms with Gasteiger partial charge in [0.05, 0.1) is 0 Å². The molecule has 2 nitrogen and oxygen atoms in total. The summed E-state index contributed by atoms with van der Waals surface area (Å²) in [4.78, 5) is 2.64. The van der Waals surface area contributed by atoms with Crippen LogP contribution in [0, 0.1) is 13.8 Å². The van der Waals surface area contributed by atoms with E-state index in [0.29, 0.717) is 5.54 Å². The van der Waals surface area contributed by atoms with Crippen molar-refractivity contribution in [1.82, 2.24) is 5.32 Å². The first-order valence-corrected chi connectivity index (χ1v) is 8.51. The third-order valence-electron chi connectivity index (χ3n) is 5.19. The summed E-state index contributed by atoms with van der Waals surface area (Å²) in [5.41, 5.74) is 4.72. The zero-order valence-electron chi connectivity index (χ0n) is 14.1. The van der Waals surface area contributed by atoms with Gasteiger partial charge in [-0.25, -0.2) is 0 Å². The minimum atomic E-state index is 0.187. The van der Waals surface area contributed by atoms with Gasteiger partial charge in [0.25, 0.3) is 0 Å². The first-order chi connectivity index (χ1) is 9.89. The van der Waals surface area contributed by atoms with Gasteiger partial charge in [0.1, 0.15) is 0 Å². The van der Waals surface area contributed by atoms with E-state index in [1.807, 2.05) is 0 Å². The molecule has 1 aliphatic heterocycles. The molecule has 0 atom stereocenters. The van der Waals surface area contributed by atoms with Crippen molar-refractivity contribution in [3.63, 3.8) is 0 Å². The SMILES string of the molecule is Cc1ccc(N2CC(C)(C)NC3(CCCCC3)C2)c(C)c1. The second-order valence-corrected chi connectivity index (χ2v) is 8.00. The van der Waals surface area contributed by atoms with Crippen molar-refractivity contribution in [2.45, 2.75) is 70.9 Å². The van der Waals surface area contributed by atoms with E-state index in [4.69, 9.17) is 0 Å². The third-order valence-corrected chi connectivity index (χ3v) is 5.19. The molecule has 1 spiro atoms. The van der Waals surface area contributed by atoms with Crippen molar-refractivity contribution in [1.29, 1.82) is 0 Å². The molecule has 1 saturated carbocycles. The van der Waals surface area contributed by atoms with Gasteiger partial charge in [0, 0.05) is 29.9 Å². The molecule has 3 rings (SSSR count). The van der Waals surface area contributed by atoms with Crippen LogP contribution < -0.4 is 10.2 Å². The highest BCUT2D eigenvalue weighted by molar-refractivity contribution is 5.55. The van der Waals surface area contributed by atoms with Crippen molar-refractivity contribution in [3.8, 4) is 0 Å². The van der Waals surface area contributed by atoms with Crippen molar-refractivity contribution in [2.24, 2.45) is 0 Å². The molecular weight excluding hydrogens is 256 g/mol. The van der Waals surface area contributed by atoms with Crippen LogP contribution in [0.5, 0.6) is 0 Å². The molecule has 2 heteroatoms. The van der Waals surface area contributed by atoms with Crippen LogP contribution in [0.15, 0.2) is 18.2 Å². The van der Waals surface area contributed by atoms with Gasteiger partial charge in [0.2, 0.25) is 0 Å². The molecule has 0 unspecified atom stereocenters. The lowest BCUT2D eigenvalue weighted by atomic mass is 9.77. The van der Waals surface area contributed by atoms with Gasteiger partial charge in [-0.3, -0.25) is 0 Å². The molecule has 0 aromatic heterocycles. The highest BCUT2D eigenvalue weighted by Crippen LogP contribution is 2.36. The van der Waals surface area contributed by atoms with Gasteiger partial charge in [-0.1, -0.05) is 37.0 Å². The Morgan fingerprint density at radius 2 is 1.71 bits per heavy atom. The maximum absolute atomic E-state index is 4.00. The average Bonchev–Trinajstić information content (AvgIpc) is 2.37. The summed E-state index contributed by atoms with van der Waals surface area (Å²) in [5.74, 6) is 0. The maximum atomic E-state index is 4.00. The lowest BCUT2D eigenvalue weighted by Gasteiger charge is -2.54. The fourth-order valence-electron chi connectivity index (χ4n) is 4.54. The number of anilines is 1. The highest BCUT2D eigenvalue weighted by atomic mass is 15.3. The molecule has 0 radical (unpaired) electrons. The second kappa shape index (κ2) is 5.31. The number of hydrogen-bond donors (Lipinski definition) is 1. The maximum Gasteiger partial charge on any atom is 0.0397 e. The molecule has 1 aromatic rings. The Hall–Kier alpha value is -1.02. The van der Waals surface area contributed by atoms with Gasteiger partial charge in [-0.05, 0) is 52.2 Å². The van der Waals surface area contributed by atoms with E-state index >= 15 is 0 Å². The van der Waals surface area contributed by atoms with Crippen LogP contribution in [0.3, 0.4) is 0 Å². The highest BCUT2D eigenvalue weighted by Gasteiger charge is 2.43. The summed E-state index contributed by atoms with van der Waals surface area (Å²) >= 11 is 0. The van der Waals surface area contributed by atoms with Crippen LogP contribution in [0.2, 0.25) is 0 Å². The Kier molecular flexibility index (Phi) is 3.77. The van der Waals surface area contributed by atoms with E-state index < -0.39 is 0 Å². The topological polar surface area (TPSA) is 15.3 Å². The number of piperazine rings is 1. The smallest absolute Gasteiger partial charge is 0.0397 e. The second-order valence-electron chi connectivity index (χ2n) is 8.00. The van der Waals surface area contributed by atoms with Gasteiger partial charge in [-0.2, -0.15) is 0 Å². The standard InChI is InChI=1S/C19H30N2/c1-15-8-9-17(16(2)12-15)21-13-18(3,4)20-19(14-21)10-6-5-7-11-19/h8-9,12,20H,5-7,10-11,13-14H2,1-4H3.